The third-order valence-corrected chi connectivity index (χ3v) is 5.06. The number of nitrogens with zero attached hydrogens (tertiary/aromatic N) is 2. The molecule has 1 fully saturated rings. The van der Waals surface area contributed by atoms with Crippen LogP contribution in [-0.4, -0.2) is 55.3 Å². The molecule has 0 unspecified atom stereocenters. The van der Waals surface area contributed by atoms with Crippen molar-refractivity contribution in [3.63, 3.8) is 0 Å². The quantitative estimate of drug-likeness (QED) is 0.774. The lowest BCUT2D eigenvalue weighted by Crippen LogP contribution is -2.38. The van der Waals surface area contributed by atoms with E-state index in [1.165, 1.54) is 5.56 Å². The summed E-state index contributed by atoms with van der Waals surface area (Å²) in [5.74, 6) is 0.519. The van der Waals surface area contributed by atoms with Crippen molar-refractivity contribution in [2.45, 2.75) is 18.9 Å². The van der Waals surface area contributed by atoms with Crippen molar-refractivity contribution in [3.05, 3.63) is 60.1 Å². The van der Waals surface area contributed by atoms with Crippen LogP contribution in [0, 0.1) is 5.92 Å². The molecule has 6 nitrogen and oxygen atoms in total. The van der Waals surface area contributed by atoms with Crippen molar-refractivity contribution >= 4 is 11.8 Å². The van der Waals surface area contributed by atoms with E-state index < -0.39 is 0 Å². The Morgan fingerprint density at radius 3 is 2.70 bits per heavy atom. The molecule has 0 radical (unpaired) electrons. The van der Waals surface area contributed by atoms with Crippen LogP contribution in [0.1, 0.15) is 23.8 Å². The van der Waals surface area contributed by atoms with Gasteiger partial charge in [-0.05, 0) is 38.2 Å². The number of hydrogen-bond acceptors (Lipinski definition) is 4. The van der Waals surface area contributed by atoms with Crippen LogP contribution in [0.15, 0.2) is 53.1 Å². The molecule has 27 heavy (non-hydrogen) atoms. The van der Waals surface area contributed by atoms with Crippen molar-refractivity contribution in [2.75, 3.05) is 33.7 Å². The van der Waals surface area contributed by atoms with Crippen LogP contribution in [0.2, 0.25) is 0 Å². The molecule has 1 aromatic carbocycles. The minimum Gasteiger partial charge on any atom is -0.468 e. The molecule has 1 saturated heterocycles. The number of carbonyl (C=O) groups excluding carboxylic acids is 2. The monoisotopic (exact) mass is 369 g/mol. The summed E-state index contributed by atoms with van der Waals surface area (Å²) in [6.45, 7) is 1.60. The van der Waals surface area contributed by atoms with Crippen LogP contribution in [0.3, 0.4) is 0 Å². The van der Waals surface area contributed by atoms with Gasteiger partial charge >= 0.3 is 0 Å². The molecular formula is C21H27N3O3. The largest absolute Gasteiger partial charge is 0.468 e. The van der Waals surface area contributed by atoms with Gasteiger partial charge in [-0.1, -0.05) is 30.3 Å². The Morgan fingerprint density at radius 1 is 1.26 bits per heavy atom. The normalized spacial score (nSPS) is 18.1. The molecule has 2 atom stereocenters. The van der Waals surface area contributed by atoms with E-state index in [4.69, 9.17) is 4.42 Å². The lowest BCUT2D eigenvalue weighted by Gasteiger charge is -2.23. The van der Waals surface area contributed by atoms with Crippen LogP contribution in [0.5, 0.6) is 0 Å². The van der Waals surface area contributed by atoms with E-state index in [0.29, 0.717) is 19.6 Å². The second-order valence-electron chi connectivity index (χ2n) is 7.22. The fraction of sp³-hybridized carbons (Fsp3) is 0.429. The molecule has 0 spiro atoms. The van der Waals surface area contributed by atoms with Gasteiger partial charge in [0.2, 0.25) is 11.8 Å². The lowest BCUT2D eigenvalue weighted by atomic mass is 10.1. The molecule has 1 aromatic heterocycles. The van der Waals surface area contributed by atoms with Crippen LogP contribution < -0.4 is 5.32 Å². The SMILES string of the molecule is CN(C)[C@H](CNC(=O)[C@H]1CC(=O)N(CCc2ccccc2)C1)c1ccco1. The maximum Gasteiger partial charge on any atom is 0.225 e. The van der Waals surface area contributed by atoms with Crippen molar-refractivity contribution in [3.8, 4) is 0 Å². The molecule has 3 rings (SSSR count). The van der Waals surface area contributed by atoms with Gasteiger partial charge in [0.05, 0.1) is 18.2 Å². The van der Waals surface area contributed by atoms with Gasteiger partial charge in [-0.2, -0.15) is 0 Å². The van der Waals surface area contributed by atoms with Gasteiger partial charge in [0.1, 0.15) is 5.76 Å². The number of hydrogen-bond donors (Lipinski definition) is 1. The summed E-state index contributed by atoms with van der Waals surface area (Å²) in [6, 6.07) is 13.8. The molecule has 1 N–H and O–H groups in total. The third kappa shape index (κ3) is 4.98. The maximum absolute atomic E-state index is 12.6. The number of furan rings is 1. The van der Waals surface area contributed by atoms with E-state index in [0.717, 1.165) is 12.2 Å². The fourth-order valence-electron chi connectivity index (χ4n) is 3.43. The number of benzene rings is 1. The zero-order valence-corrected chi connectivity index (χ0v) is 15.9. The molecule has 1 aliphatic rings. The average Bonchev–Trinajstić information content (AvgIpc) is 3.31. The molecule has 0 bridgehead atoms. The second-order valence-corrected chi connectivity index (χ2v) is 7.22. The Balaban J connectivity index is 1.49. The number of likely N-dealkylation sites (N-methyl/N-ethyl adjacent to an activating group) is 1. The molecule has 0 aliphatic carbocycles. The smallest absolute Gasteiger partial charge is 0.225 e. The van der Waals surface area contributed by atoms with Crippen LogP contribution in [0.25, 0.3) is 0 Å². The van der Waals surface area contributed by atoms with Crippen molar-refractivity contribution in [2.24, 2.45) is 5.92 Å². The van der Waals surface area contributed by atoms with Crippen molar-refractivity contribution in [1.29, 1.82) is 0 Å². The van der Waals surface area contributed by atoms with Crippen LogP contribution in [0.4, 0.5) is 0 Å². The van der Waals surface area contributed by atoms with Gasteiger partial charge in [0.25, 0.3) is 0 Å². The number of carbonyl (C=O) groups is 2. The number of rotatable bonds is 8. The van der Waals surface area contributed by atoms with E-state index in [1.54, 1.807) is 11.2 Å². The molecule has 2 amide bonds. The Labute approximate surface area is 160 Å². The maximum atomic E-state index is 12.6. The van der Waals surface area contributed by atoms with Gasteiger partial charge in [-0.3, -0.25) is 14.5 Å². The molecular weight excluding hydrogens is 342 g/mol. The molecule has 0 saturated carbocycles. The average molecular weight is 369 g/mol. The van der Waals surface area contributed by atoms with Crippen molar-refractivity contribution < 1.29 is 14.0 Å². The zero-order valence-electron chi connectivity index (χ0n) is 15.9. The van der Waals surface area contributed by atoms with Gasteiger partial charge in [-0.25, -0.2) is 0 Å². The summed E-state index contributed by atoms with van der Waals surface area (Å²) in [6.07, 6.45) is 2.73. The second kappa shape index (κ2) is 8.86. The van der Waals surface area contributed by atoms with E-state index in [1.807, 2.05) is 49.3 Å². The fourth-order valence-corrected chi connectivity index (χ4v) is 3.43. The first kappa shape index (κ1) is 19.2. The Kier molecular flexibility index (Phi) is 6.29. The van der Waals surface area contributed by atoms with Gasteiger partial charge < -0.3 is 14.6 Å². The molecule has 2 heterocycles. The van der Waals surface area contributed by atoms with Crippen molar-refractivity contribution in [1.82, 2.24) is 15.1 Å². The summed E-state index contributed by atoms with van der Waals surface area (Å²) < 4.78 is 5.47. The minimum atomic E-state index is -0.285. The first-order valence-corrected chi connectivity index (χ1v) is 9.34. The number of nitrogens with one attached hydrogen (secondary N) is 1. The third-order valence-electron chi connectivity index (χ3n) is 5.06. The Bertz CT molecular complexity index is 743. The summed E-state index contributed by atoms with van der Waals surface area (Å²) >= 11 is 0. The zero-order chi connectivity index (χ0) is 19.2. The van der Waals surface area contributed by atoms with Gasteiger partial charge in [-0.15, -0.1) is 0 Å². The summed E-state index contributed by atoms with van der Waals surface area (Å²) in [5.41, 5.74) is 1.20. The molecule has 144 valence electrons. The topological polar surface area (TPSA) is 65.8 Å². The molecule has 6 heteroatoms. The molecule has 2 aromatic rings. The number of likely N-dealkylation sites (tertiary alicyclic amines) is 1. The lowest BCUT2D eigenvalue weighted by molar-refractivity contribution is -0.129. The highest BCUT2D eigenvalue weighted by atomic mass is 16.3. The Hall–Kier alpha value is -2.60. The number of amides is 2. The standard InChI is InChI=1S/C21H27N3O3/c1-23(2)18(19-9-6-12-27-19)14-22-21(26)17-13-20(25)24(15-17)11-10-16-7-4-3-5-8-16/h3-9,12,17-18H,10-11,13-15H2,1-2H3,(H,22,26)/t17-,18+/m0/s1. The van der Waals surface area contributed by atoms with Gasteiger partial charge in [0.15, 0.2) is 0 Å². The van der Waals surface area contributed by atoms with E-state index in [-0.39, 0.29) is 30.2 Å². The first-order valence-electron chi connectivity index (χ1n) is 9.34. The predicted molar refractivity (Wildman–Crippen MR) is 103 cm³/mol. The summed E-state index contributed by atoms with van der Waals surface area (Å²) in [7, 11) is 3.90. The van der Waals surface area contributed by atoms with E-state index >= 15 is 0 Å². The molecule has 1 aliphatic heterocycles. The summed E-state index contributed by atoms with van der Waals surface area (Å²) in [5, 5.41) is 2.99. The van der Waals surface area contributed by atoms with Gasteiger partial charge in [0, 0.05) is 26.1 Å². The van der Waals surface area contributed by atoms with E-state index in [9.17, 15) is 9.59 Å². The van der Waals surface area contributed by atoms with Crippen LogP contribution in [-0.2, 0) is 16.0 Å². The summed E-state index contributed by atoms with van der Waals surface area (Å²) in [4.78, 5) is 28.6. The highest BCUT2D eigenvalue weighted by Gasteiger charge is 2.34. The van der Waals surface area contributed by atoms with E-state index in [2.05, 4.69) is 17.4 Å². The predicted octanol–water partition coefficient (Wildman–Crippen LogP) is 2.09. The van der Waals surface area contributed by atoms with Crippen LogP contribution >= 0.6 is 0 Å². The minimum absolute atomic E-state index is 0.0322. The Morgan fingerprint density at radius 2 is 2.04 bits per heavy atom. The highest BCUT2D eigenvalue weighted by molar-refractivity contribution is 5.89. The highest BCUT2D eigenvalue weighted by Crippen LogP contribution is 2.20. The first-order chi connectivity index (χ1) is 13.0.